The van der Waals surface area contributed by atoms with Gasteiger partial charge in [0.05, 0.1) is 12.8 Å². The molecule has 0 unspecified atom stereocenters. The summed E-state index contributed by atoms with van der Waals surface area (Å²) in [5, 5.41) is 14.4. The van der Waals surface area contributed by atoms with Crippen LogP contribution < -0.4 is 4.74 Å². The summed E-state index contributed by atoms with van der Waals surface area (Å²) in [7, 11) is 1.63. The van der Waals surface area contributed by atoms with Crippen LogP contribution in [0.4, 0.5) is 8.78 Å². The number of methoxy groups -OCH3 is 1. The lowest BCUT2D eigenvalue weighted by atomic mass is 10.2. The normalized spacial score (nSPS) is 10.7. The van der Waals surface area contributed by atoms with E-state index in [2.05, 4.69) is 4.98 Å². The van der Waals surface area contributed by atoms with Crippen molar-refractivity contribution in [2.45, 2.75) is 37.3 Å². The highest BCUT2D eigenvalue weighted by atomic mass is 32.2. The van der Waals surface area contributed by atoms with Crippen LogP contribution >= 0.6 is 23.5 Å². The molecule has 10 heteroatoms. The number of hydrogen-bond acceptors (Lipinski definition) is 7. The molecule has 0 radical (unpaired) electrons. The largest absolute Gasteiger partial charge is 0.491 e. The first-order valence-electron chi connectivity index (χ1n) is 10.4. The number of thioether (sulfide) groups is 2. The molecule has 6 nitrogen and oxygen atoms in total. The summed E-state index contributed by atoms with van der Waals surface area (Å²) in [5.74, 6) is 1.52. The lowest BCUT2D eigenvalue weighted by Crippen LogP contribution is -2.10. The Labute approximate surface area is 201 Å². The van der Waals surface area contributed by atoms with E-state index in [1.807, 2.05) is 56.4 Å². The summed E-state index contributed by atoms with van der Waals surface area (Å²) in [6.07, 6.45) is 1.15. The fourth-order valence-electron chi connectivity index (χ4n) is 2.73. The van der Waals surface area contributed by atoms with Crippen LogP contribution in [-0.2, 0) is 10.5 Å². The number of nitrogens with one attached hydrogen (secondary N) is 2. The van der Waals surface area contributed by atoms with Crippen molar-refractivity contribution < 1.29 is 18.3 Å². The van der Waals surface area contributed by atoms with Gasteiger partial charge in [0.15, 0.2) is 5.82 Å². The van der Waals surface area contributed by atoms with Crippen LogP contribution in [-0.4, -0.2) is 46.2 Å². The Morgan fingerprint density at radius 3 is 2.55 bits per heavy atom. The first kappa shape index (κ1) is 26.8. The van der Waals surface area contributed by atoms with Gasteiger partial charge in [-0.3, -0.25) is 15.2 Å². The molecule has 0 aliphatic carbocycles. The van der Waals surface area contributed by atoms with Crippen molar-refractivity contribution >= 4 is 39.1 Å². The fraction of sp³-hybridized carbons (Fsp3) is 0.348. The van der Waals surface area contributed by atoms with Crippen molar-refractivity contribution in [2.75, 3.05) is 20.3 Å². The maximum Gasteiger partial charge on any atom is 0.285 e. The van der Waals surface area contributed by atoms with Crippen molar-refractivity contribution in [3.8, 4) is 5.75 Å². The number of rotatable bonds is 10. The van der Waals surface area contributed by atoms with Crippen LogP contribution in [0.1, 0.15) is 31.7 Å². The minimum Gasteiger partial charge on any atom is -0.491 e. The van der Waals surface area contributed by atoms with E-state index in [1.165, 1.54) is 0 Å². The molecule has 0 aliphatic heterocycles. The van der Waals surface area contributed by atoms with E-state index in [0.29, 0.717) is 42.7 Å². The summed E-state index contributed by atoms with van der Waals surface area (Å²) in [6, 6.07) is 11.9. The van der Waals surface area contributed by atoms with Gasteiger partial charge in [0.1, 0.15) is 21.4 Å². The third-order valence-electron chi connectivity index (χ3n) is 4.19. The van der Waals surface area contributed by atoms with Crippen molar-refractivity contribution in [1.82, 2.24) is 9.38 Å². The Kier molecular flexibility index (Phi) is 11.4. The van der Waals surface area contributed by atoms with Gasteiger partial charge in [-0.2, -0.15) is 0 Å². The van der Waals surface area contributed by atoms with Crippen LogP contribution in [0.15, 0.2) is 53.7 Å². The summed E-state index contributed by atoms with van der Waals surface area (Å²) in [4.78, 5) is 5.12. The molecule has 178 valence electrons. The van der Waals surface area contributed by atoms with Gasteiger partial charge in [0.2, 0.25) is 0 Å². The van der Waals surface area contributed by atoms with Gasteiger partial charge >= 0.3 is 0 Å². The molecule has 3 rings (SSSR count). The smallest absolute Gasteiger partial charge is 0.285 e. The molecule has 1 aromatic carbocycles. The van der Waals surface area contributed by atoms with E-state index in [-0.39, 0.29) is 10.9 Å². The first-order chi connectivity index (χ1) is 16.0. The first-order valence-corrected chi connectivity index (χ1v) is 12.2. The molecule has 0 saturated carbocycles. The average molecular weight is 495 g/mol. The Hall–Kier alpha value is -2.43. The maximum absolute atomic E-state index is 12.7. The van der Waals surface area contributed by atoms with Gasteiger partial charge < -0.3 is 9.47 Å². The zero-order valence-electron chi connectivity index (χ0n) is 18.8. The molecule has 0 saturated heterocycles. The molecule has 0 aliphatic rings. The van der Waals surface area contributed by atoms with E-state index in [4.69, 9.17) is 20.3 Å². The lowest BCUT2D eigenvalue weighted by molar-refractivity contribution is 0.172. The van der Waals surface area contributed by atoms with Gasteiger partial charge in [-0.15, -0.1) is 11.8 Å². The number of nitrogens with zero attached hydrogens (tertiary/aromatic N) is 2. The lowest BCUT2D eigenvalue weighted by Gasteiger charge is -2.12. The summed E-state index contributed by atoms with van der Waals surface area (Å²) >= 11 is 1.99. The van der Waals surface area contributed by atoms with E-state index >= 15 is 0 Å². The van der Waals surface area contributed by atoms with Crippen LogP contribution in [0.25, 0.3) is 5.52 Å². The van der Waals surface area contributed by atoms with E-state index in [9.17, 15) is 8.78 Å². The molecule has 2 N–H and O–H groups in total. The molecule has 0 bridgehead atoms. The summed E-state index contributed by atoms with van der Waals surface area (Å²) < 4.78 is 38.1. The van der Waals surface area contributed by atoms with Gasteiger partial charge in [-0.25, -0.2) is 13.8 Å². The number of benzene rings is 1. The maximum atomic E-state index is 12.7. The van der Waals surface area contributed by atoms with E-state index in [0.717, 1.165) is 16.2 Å². The number of aromatic nitrogens is 2. The Balaban J connectivity index is 0.00000187. The predicted molar refractivity (Wildman–Crippen MR) is 133 cm³/mol. The van der Waals surface area contributed by atoms with Crippen molar-refractivity contribution in [2.24, 2.45) is 0 Å². The molecular weight excluding hydrogens is 466 g/mol. The SMILES string of the molecule is CC.COCCCOc1cc(SCc2ccccc2)cn2c(C(=N)SC(=N)C(F)F)ncc12. The van der Waals surface area contributed by atoms with E-state index < -0.39 is 11.5 Å². The quantitative estimate of drug-likeness (QED) is 0.148. The van der Waals surface area contributed by atoms with Crippen LogP contribution in [0.3, 0.4) is 0 Å². The molecule has 2 aromatic heterocycles. The number of ether oxygens (including phenoxy) is 2. The van der Waals surface area contributed by atoms with Gasteiger partial charge in [0, 0.05) is 37.0 Å². The molecule has 0 spiro atoms. The minimum absolute atomic E-state index is 0.189. The second kappa shape index (κ2) is 14.0. The van der Waals surface area contributed by atoms with Crippen LogP contribution in [0, 0.1) is 10.8 Å². The standard InChI is InChI=1S/C21H22F2N4O2S2.C2H6/c1-28-8-5-9-29-17-10-15(30-13-14-6-3-2-4-7-14)12-27-16(17)11-26-21(27)20(25)31-19(24)18(22)23;1-2/h2-4,6-7,10-12,18,24-25H,5,8-9,13H2,1H3;1-2H3. The Bertz CT molecular complexity index is 1050. The zero-order chi connectivity index (χ0) is 24.2. The molecule has 33 heavy (non-hydrogen) atoms. The number of pyridine rings is 1. The molecule has 0 amide bonds. The second-order valence-electron chi connectivity index (χ2n) is 6.44. The van der Waals surface area contributed by atoms with Crippen molar-refractivity contribution in [3.63, 3.8) is 0 Å². The monoisotopic (exact) mass is 494 g/mol. The Morgan fingerprint density at radius 2 is 1.88 bits per heavy atom. The van der Waals surface area contributed by atoms with Gasteiger partial charge in [-0.1, -0.05) is 44.2 Å². The zero-order valence-corrected chi connectivity index (χ0v) is 20.4. The highest BCUT2D eigenvalue weighted by Crippen LogP contribution is 2.31. The third kappa shape index (κ3) is 7.83. The van der Waals surface area contributed by atoms with Crippen molar-refractivity contribution in [1.29, 1.82) is 10.8 Å². The third-order valence-corrected chi connectivity index (χ3v) is 6.01. The van der Waals surface area contributed by atoms with Crippen LogP contribution in [0.2, 0.25) is 0 Å². The number of hydrogen-bond donors (Lipinski definition) is 2. The topological polar surface area (TPSA) is 83.5 Å². The number of fused-ring (bicyclic) bond motifs is 1. The highest BCUT2D eigenvalue weighted by Gasteiger charge is 2.20. The van der Waals surface area contributed by atoms with Gasteiger partial charge in [-0.05, 0) is 23.4 Å². The summed E-state index contributed by atoms with van der Waals surface area (Å²) in [5.41, 5.74) is 1.79. The Morgan fingerprint density at radius 1 is 1.15 bits per heavy atom. The minimum atomic E-state index is -2.92. The molecule has 0 fully saturated rings. The number of imidazole rings is 1. The number of alkyl halides is 2. The average Bonchev–Trinajstić information content (AvgIpc) is 3.26. The molecule has 2 heterocycles. The number of halogens is 2. The highest BCUT2D eigenvalue weighted by molar-refractivity contribution is 8.26. The van der Waals surface area contributed by atoms with Crippen molar-refractivity contribution in [3.05, 3.63) is 60.2 Å². The second-order valence-corrected chi connectivity index (χ2v) is 8.54. The molecule has 3 aromatic rings. The van der Waals surface area contributed by atoms with E-state index in [1.54, 1.807) is 29.5 Å². The fourth-order valence-corrected chi connectivity index (χ4v) is 4.18. The summed E-state index contributed by atoms with van der Waals surface area (Å²) in [6.45, 7) is 5.01. The van der Waals surface area contributed by atoms with Gasteiger partial charge in [0.25, 0.3) is 6.43 Å². The predicted octanol–water partition coefficient (Wildman–Crippen LogP) is 6.37. The molecular formula is C23H28F2N4O2S2. The molecule has 0 atom stereocenters. The van der Waals surface area contributed by atoms with Crippen LogP contribution in [0.5, 0.6) is 5.75 Å².